The van der Waals surface area contributed by atoms with E-state index in [1.165, 1.54) is 21.4 Å². The Morgan fingerprint density at radius 1 is 1.30 bits per heavy atom. The highest BCUT2D eigenvalue weighted by Crippen LogP contribution is 2.32. The predicted molar refractivity (Wildman–Crippen MR) is 84.1 cm³/mol. The van der Waals surface area contributed by atoms with Crippen LogP contribution in [0, 0.1) is 5.92 Å². The monoisotopic (exact) mass is 283 g/mol. The molecule has 4 rings (SSSR count). The van der Waals surface area contributed by atoms with Crippen LogP contribution >= 0.6 is 11.3 Å². The first-order valence-electron chi connectivity index (χ1n) is 7.12. The second-order valence-electron chi connectivity index (χ2n) is 5.45. The highest BCUT2D eigenvalue weighted by atomic mass is 32.1. The Morgan fingerprint density at radius 2 is 2.25 bits per heavy atom. The standard InChI is InChI=1S/C16H17N3S/c1-2-4-14-12(3-1)8-15(20-14)13-10-18-16(19-13)7-11-5-6-17-9-11/h1-4,8,10-11,17H,5-7,9H2,(H,18,19). The fraction of sp³-hybridized carbons (Fsp3) is 0.312. The Balaban J connectivity index is 1.60. The zero-order chi connectivity index (χ0) is 13.4. The Kier molecular flexibility index (Phi) is 3.05. The third-order valence-electron chi connectivity index (χ3n) is 3.96. The zero-order valence-electron chi connectivity index (χ0n) is 11.2. The Labute approximate surface area is 122 Å². The molecule has 0 aliphatic carbocycles. The quantitative estimate of drug-likeness (QED) is 0.773. The molecule has 4 heteroatoms. The van der Waals surface area contributed by atoms with E-state index in [9.17, 15) is 0 Å². The van der Waals surface area contributed by atoms with Crippen LogP contribution in [0.2, 0.25) is 0 Å². The van der Waals surface area contributed by atoms with Crippen LogP contribution in [0.1, 0.15) is 12.2 Å². The van der Waals surface area contributed by atoms with Crippen molar-refractivity contribution in [3.05, 3.63) is 42.4 Å². The van der Waals surface area contributed by atoms with E-state index < -0.39 is 0 Å². The smallest absolute Gasteiger partial charge is 0.106 e. The van der Waals surface area contributed by atoms with Crippen molar-refractivity contribution in [2.45, 2.75) is 12.8 Å². The predicted octanol–water partition coefficient (Wildman–Crippen LogP) is 3.44. The molecule has 102 valence electrons. The van der Waals surface area contributed by atoms with Crippen LogP contribution in [0.15, 0.2) is 36.5 Å². The van der Waals surface area contributed by atoms with Gasteiger partial charge in [0.1, 0.15) is 5.82 Å². The first-order chi connectivity index (χ1) is 9.88. The highest BCUT2D eigenvalue weighted by molar-refractivity contribution is 7.22. The fourth-order valence-corrected chi connectivity index (χ4v) is 3.90. The number of fused-ring (bicyclic) bond motifs is 1. The lowest BCUT2D eigenvalue weighted by atomic mass is 10.1. The van der Waals surface area contributed by atoms with Crippen molar-refractivity contribution in [2.24, 2.45) is 5.92 Å². The number of rotatable bonds is 3. The summed E-state index contributed by atoms with van der Waals surface area (Å²) in [4.78, 5) is 9.31. The lowest BCUT2D eigenvalue weighted by Crippen LogP contribution is -2.11. The van der Waals surface area contributed by atoms with Crippen LogP contribution in [-0.4, -0.2) is 23.1 Å². The largest absolute Gasteiger partial charge is 0.341 e. The zero-order valence-corrected chi connectivity index (χ0v) is 12.0. The lowest BCUT2D eigenvalue weighted by Gasteiger charge is -2.04. The topological polar surface area (TPSA) is 40.7 Å². The number of aromatic nitrogens is 2. The second kappa shape index (κ2) is 5.04. The van der Waals surface area contributed by atoms with Gasteiger partial charge < -0.3 is 10.3 Å². The van der Waals surface area contributed by atoms with E-state index in [1.807, 2.05) is 17.5 Å². The summed E-state index contributed by atoms with van der Waals surface area (Å²) >= 11 is 1.82. The number of benzene rings is 1. The third kappa shape index (κ3) is 2.25. The number of nitrogens with zero attached hydrogens (tertiary/aromatic N) is 1. The van der Waals surface area contributed by atoms with Gasteiger partial charge >= 0.3 is 0 Å². The average molecular weight is 283 g/mol. The fourth-order valence-electron chi connectivity index (χ4n) is 2.87. The van der Waals surface area contributed by atoms with E-state index in [2.05, 4.69) is 45.6 Å². The Hall–Kier alpha value is -1.65. The van der Waals surface area contributed by atoms with Gasteiger partial charge in [-0.2, -0.15) is 0 Å². The summed E-state index contributed by atoms with van der Waals surface area (Å²) in [5, 5.41) is 4.72. The SMILES string of the molecule is c1ccc2sc(-c3cnc(CC4CCNC4)[nH]3)cc2c1. The first kappa shape index (κ1) is 12.1. The molecule has 1 atom stereocenters. The molecule has 3 aromatic rings. The first-order valence-corrected chi connectivity index (χ1v) is 7.94. The van der Waals surface area contributed by atoms with Gasteiger partial charge in [-0.05, 0) is 42.9 Å². The molecule has 2 aromatic heterocycles. The lowest BCUT2D eigenvalue weighted by molar-refractivity contribution is 0.565. The molecule has 1 aliphatic heterocycles. The summed E-state index contributed by atoms with van der Waals surface area (Å²) in [6.07, 6.45) is 4.29. The highest BCUT2D eigenvalue weighted by Gasteiger charge is 2.16. The van der Waals surface area contributed by atoms with Crippen molar-refractivity contribution in [3.8, 4) is 10.6 Å². The van der Waals surface area contributed by atoms with E-state index in [-0.39, 0.29) is 0 Å². The van der Waals surface area contributed by atoms with Crippen molar-refractivity contribution < 1.29 is 0 Å². The number of hydrogen-bond acceptors (Lipinski definition) is 3. The molecule has 1 fully saturated rings. The molecule has 0 saturated carbocycles. The van der Waals surface area contributed by atoms with Gasteiger partial charge in [-0.3, -0.25) is 0 Å². The van der Waals surface area contributed by atoms with Gasteiger partial charge in [-0.25, -0.2) is 4.98 Å². The van der Waals surface area contributed by atoms with Gasteiger partial charge in [0.05, 0.1) is 16.8 Å². The summed E-state index contributed by atoms with van der Waals surface area (Å²) in [6.45, 7) is 2.27. The molecule has 0 amide bonds. The van der Waals surface area contributed by atoms with Gasteiger partial charge in [0.25, 0.3) is 0 Å². The summed E-state index contributed by atoms with van der Waals surface area (Å²) in [5.41, 5.74) is 1.15. The number of thiophene rings is 1. The molecule has 2 N–H and O–H groups in total. The Bertz CT molecular complexity index is 689. The maximum atomic E-state index is 4.55. The van der Waals surface area contributed by atoms with E-state index in [0.717, 1.165) is 36.9 Å². The van der Waals surface area contributed by atoms with Gasteiger partial charge in [-0.1, -0.05) is 18.2 Å². The van der Waals surface area contributed by atoms with Crippen molar-refractivity contribution >= 4 is 21.4 Å². The summed E-state index contributed by atoms with van der Waals surface area (Å²) < 4.78 is 1.33. The Morgan fingerprint density at radius 3 is 3.10 bits per heavy atom. The summed E-state index contributed by atoms with van der Waals surface area (Å²) in [7, 11) is 0. The number of imidazole rings is 1. The number of hydrogen-bond donors (Lipinski definition) is 2. The third-order valence-corrected chi connectivity index (χ3v) is 5.11. The van der Waals surface area contributed by atoms with Crippen LogP contribution in [0.5, 0.6) is 0 Å². The van der Waals surface area contributed by atoms with Crippen LogP contribution in [0.3, 0.4) is 0 Å². The minimum Gasteiger partial charge on any atom is -0.341 e. The molecule has 3 heterocycles. The molecule has 1 saturated heterocycles. The number of H-pyrrole nitrogens is 1. The molecule has 1 aliphatic rings. The molecule has 1 unspecified atom stereocenters. The molecular formula is C16H17N3S. The molecule has 20 heavy (non-hydrogen) atoms. The van der Waals surface area contributed by atoms with Crippen molar-refractivity contribution in [1.82, 2.24) is 15.3 Å². The van der Waals surface area contributed by atoms with E-state index in [0.29, 0.717) is 0 Å². The van der Waals surface area contributed by atoms with E-state index >= 15 is 0 Å². The van der Waals surface area contributed by atoms with Crippen LogP contribution in [0.4, 0.5) is 0 Å². The minimum atomic E-state index is 0.733. The molecule has 0 spiro atoms. The molecular weight excluding hydrogens is 266 g/mol. The van der Waals surface area contributed by atoms with Crippen LogP contribution in [-0.2, 0) is 6.42 Å². The number of aromatic amines is 1. The van der Waals surface area contributed by atoms with Gasteiger partial charge in [-0.15, -0.1) is 11.3 Å². The molecule has 0 radical (unpaired) electrons. The second-order valence-corrected chi connectivity index (χ2v) is 6.54. The maximum absolute atomic E-state index is 4.55. The van der Waals surface area contributed by atoms with Gasteiger partial charge in [0.15, 0.2) is 0 Å². The van der Waals surface area contributed by atoms with Crippen LogP contribution < -0.4 is 5.32 Å². The van der Waals surface area contributed by atoms with E-state index in [1.54, 1.807) is 0 Å². The average Bonchev–Trinajstić information content (AvgIpc) is 3.18. The molecule has 3 nitrogen and oxygen atoms in total. The van der Waals surface area contributed by atoms with Crippen molar-refractivity contribution in [1.29, 1.82) is 0 Å². The van der Waals surface area contributed by atoms with Crippen molar-refractivity contribution in [3.63, 3.8) is 0 Å². The number of nitrogens with one attached hydrogen (secondary N) is 2. The summed E-state index contributed by atoms with van der Waals surface area (Å²) in [5.74, 6) is 1.85. The normalized spacial score (nSPS) is 18.9. The minimum absolute atomic E-state index is 0.733. The molecule has 0 bridgehead atoms. The maximum Gasteiger partial charge on any atom is 0.106 e. The molecule has 1 aromatic carbocycles. The van der Waals surface area contributed by atoms with E-state index in [4.69, 9.17) is 0 Å². The van der Waals surface area contributed by atoms with Crippen LogP contribution in [0.25, 0.3) is 20.7 Å². The van der Waals surface area contributed by atoms with Gasteiger partial charge in [0.2, 0.25) is 0 Å². The van der Waals surface area contributed by atoms with Crippen molar-refractivity contribution in [2.75, 3.05) is 13.1 Å². The summed E-state index contributed by atoms with van der Waals surface area (Å²) in [6, 6.07) is 10.8. The van der Waals surface area contributed by atoms with Gasteiger partial charge in [0, 0.05) is 11.1 Å².